The van der Waals surface area contributed by atoms with Gasteiger partial charge < -0.3 is 4.74 Å². The summed E-state index contributed by atoms with van der Waals surface area (Å²) in [5.74, 6) is -0.527. The molecule has 1 aliphatic heterocycles. The van der Waals surface area contributed by atoms with Crippen LogP contribution in [0.25, 0.3) is 0 Å². The van der Waals surface area contributed by atoms with Crippen LogP contribution in [0.2, 0.25) is 0 Å². The zero-order chi connectivity index (χ0) is 11.9. The summed E-state index contributed by atoms with van der Waals surface area (Å²) in [4.78, 5) is 24.7. The van der Waals surface area contributed by atoms with E-state index < -0.39 is 23.3 Å². The van der Waals surface area contributed by atoms with Crippen LogP contribution >= 0.6 is 0 Å². The van der Waals surface area contributed by atoms with Gasteiger partial charge in [-0.15, -0.1) is 0 Å². The number of hydrogen-bond donors (Lipinski definition) is 1. The van der Waals surface area contributed by atoms with E-state index in [0.717, 1.165) is 4.57 Å². The number of aromatic amines is 1. The predicted molar refractivity (Wildman–Crippen MR) is 54.8 cm³/mol. The Balaban J connectivity index is 2.50. The maximum atomic E-state index is 13.4. The summed E-state index contributed by atoms with van der Waals surface area (Å²) < 4.78 is 19.7. The highest BCUT2D eigenvalue weighted by Gasteiger charge is 2.27. The molecular formula is C10H11FN2O3. The van der Waals surface area contributed by atoms with E-state index in [-0.39, 0.29) is 6.10 Å². The summed E-state index contributed by atoms with van der Waals surface area (Å²) in [7, 11) is 0. The maximum absolute atomic E-state index is 13.4. The number of ether oxygens (including phenoxy) is 1. The lowest BCUT2D eigenvalue weighted by molar-refractivity contribution is 0.00906. The van der Waals surface area contributed by atoms with Crippen molar-refractivity contribution < 1.29 is 9.13 Å². The summed E-state index contributed by atoms with van der Waals surface area (Å²) >= 11 is 0. The Labute approximate surface area is 90.2 Å². The molecule has 1 aliphatic rings. The van der Waals surface area contributed by atoms with E-state index in [2.05, 4.69) is 4.98 Å². The summed E-state index contributed by atoms with van der Waals surface area (Å²) in [5, 5.41) is 0. The van der Waals surface area contributed by atoms with Gasteiger partial charge in [-0.25, -0.2) is 9.18 Å². The molecule has 2 rings (SSSR count). The molecule has 0 fully saturated rings. The maximum Gasteiger partial charge on any atom is 0.330 e. The quantitative estimate of drug-likeness (QED) is 0.763. The monoisotopic (exact) mass is 226 g/mol. The molecule has 0 radical (unpaired) electrons. The minimum atomic E-state index is -1.07. The van der Waals surface area contributed by atoms with Crippen molar-refractivity contribution >= 4 is 0 Å². The Hall–Kier alpha value is -1.69. The van der Waals surface area contributed by atoms with E-state index in [1.54, 1.807) is 6.92 Å². The van der Waals surface area contributed by atoms with Gasteiger partial charge in [0, 0.05) is 11.8 Å². The third-order valence-corrected chi connectivity index (χ3v) is 2.37. The van der Waals surface area contributed by atoms with Gasteiger partial charge in [0.05, 0.1) is 6.10 Å². The van der Waals surface area contributed by atoms with Crippen molar-refractivity contribution in [3.05, 3.63) is 44.5 Å². The SMILES string of the molecule is Cc1cn([C@@H]2O[C@H](C)C=C2F)c(=O)[nH]c1=O. The van der Waals surface area contributed by atoms with Crippen molar-refractivity contribution in [2.24, 2.45) is 0 Å². The van der Waals surface area contributed by atoms with E-state index in [0.29, 0.717) is 5.56 Å². The Morgan fingerprint density at radius 2 is 2.19 bits per heavy atom. The van der Waals surface area contributed by atoms with Crippen LogP contribution in [0, 0.1) is 6.92 Å². The van der Waals surface area contributed by atoms with E-state index in [9.17, 15) is 14.0 Å². The molecule has 1 N–H and O–H groups in total. The van der Waals surface area contributed by atoms with Gasteiger partial charge in [0.15, 0.2) is 6.23 Å². The van der Waals surface area contributed by atoms with Gasteiger partial charge in [-0.05, 0) is 19.9 Å². The fourth-order valence-corrected chi connectivity index (χ4v) is 1.57. The number of hydrogen-bond acceptors (Lipinski definition) is 3. The number of halogens is 1. The molecule has 0 amide bonds. The normalized spacial score (nSPS) is 24.6. The second-order valence-corrected chi connectivity index (χ2v) is 3.72. The second kappa shape index (κ2) is 3.71. The van der Waals surface area contributed by atoms with Crippen molar-refractivity contribution in [3.63, 3.8) is 0 Å². The van der Waals surface area contributed by atoms with Crippen molar-refractivity contribution in [1.82, 2.24) is 9.55 Å². The summed E-state index contributed by atoms with van der Waals surface area (Å²) in [6.45, 7) is 3.21. The first-order chi connectivity index (χ1) is 7.49. The van der Waals surface area contributed by atoms with Crippen LogP contribution in [0.4, 0.5) is 4.39 Å². The van der Waals surface area contributed by atoms with E-state index in [1.807, 2.05) is 0 Å². The lowest BCUT2D eigenvalue weighted by atomic mass is 10.3. The minimum Gasteiger partial charge on any atom is -0.344 e. The molecule has 1 aromatic heterocycles. The molecular weight excluding hydrogens is 215 g/mol. The largest absolute Gasteiger partial charge is 0.344 e. The topological polar surface area (TPSA) is 64.1 Å². The van der Waals surface area contributed by atoms with Crippen molar-refractivity contribution in [2.45, 2.75) is 26.2 Å². The minimum absolute atomic E-state index is 0.329. The molecule has 2 heterocycles. The molecule has 2 atom stereocenters. The van der Waals surface area contributed by atoms with Gasteiger partial charge >= 0.3 is 5.69 Å². The fourth-order valence-electron chi connectivity index (χ4n) is 1.57. The molecule has 86 valence electrons. The van der Waals surface area contributed by atoms with Gasteiger partial charge in [-0.1, -0.05) is 0 Å². The molecule has 0 spiro atoms. The van der Waals surface area contributed by atoms with Gasteiger partial charge in [0.25, 0.3) is 5.56 Å². The number of nitrogens with one attached hydrogen (secondary N) is 1. The van der Waals surface area contributed by atoms with Gasteiger partial charge in [-0.2, -0.15) is 0 Å². The smallest absolute Gasteiger partial charge is 0.330 e. The number of aromatic nitrogens is 2. The zero-order valence-corrected chi connectivity index (χ0v) is 8.86. The van der Waals surface area contributed by atoms with Crippen LogP contribution < -0.4 is 11.2 Å². The first-order valence-electron chi connectivity index (χ1n) is 4.84. The Morgan fingerprint density at radius 1 is 1.50 bits per heavy atom. The van der Waals surface area contributed by atoms with E-state index in [1.165, 1.54) is 19.2 Å². The van der Waals surface area contributed by atoms with Gasteiger partial charge in [-0.3, -0.25) is 14.3 Å². The molecule has 0 aliphatic carbocycles. The van der Waals surface area contributed by atoms with Crippen LogP contribution in [-0.2, 0) is 4.74 Å². The Kier molecular flexibility index (Phi) is 2.51. The first kappa shape index (κ1) is 10.8. The van der Waals surface area contributed by atoms with Crippen LogP contribution in [-0.4, -0.2) is 15.7 Å². The van der Waals surface area contributed by atoms with Crippen LogP contribution in [0.5, 0.6) is 0 Å². The van der Waals surface area contributed by atoms with E-state index >= 15 is 0 Å². The fraction of sp³-hybridized carbons (Fsp3) is 0.400. The molecule has 0 aromatic carbocycles. The molecule has 0 saturated heterocycles. The summed E-state index contributed by atoms with van der Waals surface area (Å²) in [6.07, 6.45) is 1.12. The lowest BCUT2D eigenvalue weighted by Gasteiger charge is -2.14. The number of H-pyrrole nitrogens is 1. The number of rotatable bonds is 1. The average Bonchev–Trinajstić information content (AvgIpc) is 2.51. The molecule has 1 aromatic rings. The summed E-state index contributed by atoms with van der Waals surface area (Å²) in [6, 6.07) is 0. The van der Waals surface area contributed by atoms with Crippen LogP contribution in [0.15, 0.2) is 27.7 Å². The third kappa shape index (κ3) is 1.71. The summed E-state index contributed by atoms with van der Waals surface area (Å²) in [5.41, 5.74) is -0.828. The van der Waals surface area contributed by atoms with Crippen LogP contribution in [0.3, 0.4) is 0 Å². The van der Waals surface area contributed by atoms with Crippen molar-refractivity contribution in [2.75, 3.05) is 0 Å². The molecule has 0 saturated carbocycles. The lowest BCUT2D eigenvalue weighted by Crippen LogP contribution is -2.33. The average molecular weight is 226 g/mol. The highest BCUT2D eigenvalue weighted by atomic mass is 19.1. The number of nitrogens with zero attached hydrogens (tertiary/aromatic N) is 1. The molecule has 0 unspecified atom stereocenters. The standard InChI is InChI=1S/C10H11FN2O3/c1-5-4-13(10(15)12-8(5)14)9-7(11)3-6(2)16-9/h3-4,6,9H,1-2H3,(H,12,14,15)/t6-,9-/m1/s1. The van der Waals surface area contributed by atoms with Crippen molar-refractivity contribution in [1.29, 1.82) is 0 Å². The number of aryl methyl sites for hydroxylation is 1. The second-order valence-electron chi connectivity index (χ2n) is 3.72. The Bertz CT molecular complexity index is 558. The highest BCUT2D eigenvalue weighted by Crippen LogP contribution is 2.28. The molecule has 0 bridgehead atoms. The zero-order valence-electron chi connectivity index (χ0n) is 8.86. The predicted octanol–water partition coefficient (Wildman–Crippen LogP) is 0.616. The van der Waals surface area contributed by atoms with Gasteiger partial charge in [0.1, 0.15) is 5.83 Å². The molecule has 5 nitrogen and oxygen atoms in total. The molecule has 6 heteroatoms. The highest BCUT2D eigenvalue weighted by molar-refractivity contribution is 5.09. The van der Waals surface area contributed by atoms with E-state index in [4.69, 9.17) is 4.74 Å². The first-order valence-corrected chi connectivity index (χ1v) is 4.84. The third-order valence-electron chi connectivity index (χ3n) is 2.37. The van der Waals surface area contributed by atoms with Crippen molar-refractivity contribution in [3.8, 4) is 0 Å². The Morgan fingerprint density at radius 3 is 2.75 bits per heavy atom. The molecule has 16 heavy (non-hydrogen) atoms. The van der Waals surface area contributed by atoms with Crippen LogP contribution in [0.1, 0.15) is 18.7 Å². The van der Waals surface area contributed by atoms with Gasteiger partial charge in [0.2, 0.25) is 0 Å².